The van der Waals surface area contributed by atoms with E-state index in [0.717, 1.165) is 28.3 Å². The van der Waals surface area contributed by atoms with E-state index in [9.17, 15) is 14.0 Å². The summed E-state index contributed by atoms with van der Waals surface area (Å²) in [5.41, 5.74) is 2.59. The summed E-state index contributed by atoms with van der Waals surface area (Å²) < 4.78 is 14.7. The van der Waals surface area contributed by atoms with Crippen LogP contribution in [0.2, 0.25) is 5.02 Å². The Bertz CT molecular complexity index is 1110. The number of aryl methyl sites for hydroxylation is 1. The van der Waals surface area contributed by atoms with Crippen molar-refractivity contribution in [3.05, 3.63) is 69.2 Å². The van der Waals surface area contributed by atoms with Crippen molar-refractivity contribution in [2.75, 3.05) is 5.32 Å². The minimum absolute atomic E-state index is 0.0153. The van der Waals surface area contributed by atoms with Gasteiger partial charge in [0.15, 0.2) is 11.6 Å². The maximum atomic E-state index is 13.6. The summed E-state index contributed by atoms with van der Waals surface area (Å²) >= 11 is 6.16. The Morgan fingerprint density at radius 3 is 2.69 bits per heavy atom. The van der Waals surface area contributed by atoms with Gasteiger partial charge in [0.2, 0.25) is 5.91 Å². The van der Waals surface area contributed by atoms with Crippen LogP contribution >= 0.6 is 11.6 Å². The molecule has 9 heteroatoms. The summed E-state index contributed by atoms with van der Waals surface area (Å²) in [6, 6.07) is 6.95. The van der Waals surface area contributed by atoms with Crippen molar-refractivity contribution in [3.63, 3.8) is 0 Å². The lowest BCUT2D eigenvalue weighted by atomic mass is 9.97. The quantitative estimate of drug-likeness (QED) is 0.688. The first kappa shape index (κ1) is 20.6. The molecule has 0 fully saturated rings. The maximum absolute atomic E-state index is 13.6. The predicted octanol–water partition coefficient (Wildman–Crippen LogP) is 3.56. The van der Waals surface area contributed by atoms with E-state index in [1.165, 1.54) is 6.07 Å². The summed E-state index contributed by atoms with van der Waals surface area (Å²) in [6.07, 6.45) is 2.05. The second-order valence-electron chi connectivity index (χ2n) is 6.88. The Morgan fingerprint density at radius 1 is 1.28 bits per heavy atom. The molecule has 2 aromatic heterocycles. The van der Waals surface area contributed by atoms with E-state index in [0.29, 0.717) is 16.3 Å². The van der Waals surface area contributed by atoms with Gasteiger partial charge in [-0.3, -0.25) is 9.59 Å². The number of amides is 1. The highest BCUT2D eigenvalue weighted by Gasteiger charge is 2.17. The molecule has 2 heterocycles. The number of halogens is 2. The highest BCUT2D eigenvalue weighted by atomic mass is 35.5. The van der Waals surface area contributed by atoms with Gasteiger partial charge < -0.3 is 5.32 Å². The molecule has 0 aliphatic rings. The van der Waals surface area contributed by atoms with E-state index in [1.807, 2.05) is 32.9 Å². The third-order valence-electron chi connectivity index (χ3n) is 4.15. The number of benzene rings is 1. The zero-order chi connectivity index (χ0) is 21.1. The highest BCUT2D eigenvalue weighted by Crippen LogP contribution is 2.29. The Kier molecular flexibility index (Phi) is 6.03. The maximum Gasteiger partial charge on any atom is 0.267 e. The average molecular weight is 416 g/mol. The number of nitrogens with zero attached hydrogens (tertiary/aromatic N) is 4. The zero-order valence-electron chi connectivity index (χ0n) is 16.1. The smallest absolute Gasteiger partial charge is 0.267 e. The molecule has 0 atom stereocenters. The van der Waals surface area contributed by atoms with Gasteiger partial charge in [-0.2, -0.15) is 5.10 Å². The standard InChI is InChI=1S/C20H19ClFN5O2/c1-11(2)19-15(13-4-12(3)5-14(21)6-13)7-18(29)27(26-19)9-17(28)25-20-16(22)8-23-10-24-20/h4-8,10-11H,9H2,1-3H3,(H,23,24,25,28). The molecule has 0 saturated heterocycles. The Balaban J connectivity index is 1.95. The molecule has 1 aromatic carbocycles. The molecule has 0 radical (unpaired) electrons. The van der Waals surface area contributed by atoms with Crippen LogP contribution in [0.25, 0.3) is 11.1 Å². The summed E-state index contributed by atoms with van der Waals surface area (Å²) in [4.78, 5) is 32.0. The summed E-state index contributed by atoms with van der Waals surface area (Å²) in [7, 11) is 0. The molecule has 1 amide bonds. The first-order chi connectivity index (χ1) is 13.7. The van der Waals surface area contributed by atoms with Crippen LogP contribution in [0.5, 0.6) is 0 Å². The van der Waals surface area contributed by atoms with E-state index >= 15 is 0 Å². The highest BCUT2D eigenvalue weighted by molar-refractivity contribution is 6.31. The summed E-state index contributed by atoms with van der Waals surface area (Å²) in [6.45, 7) is 5.41. The fourth-order valence-electron chi connectivity index (χ4n) is 2.88. The van der Waals surface area contributed by atoms with Crippen LogP contribution in [0, 0.1) is 12.7 Å². The molecule has 0 unspecified atom stereocenters. The third kappa shape index (κ3) is 4.83. The van der Waals surface area contributed by atoms with Crippen molar-refractivity contribution in [2.24, 2.45) is 0 Å². The SMILES string of the molecule is Cc1cc(Cl)cc(-c2cc(=O)n(CC(=O)Nc3ncncc3F)nc2C(C)C)c1. The predicted molar refractivity (Wildman–Crippen MR) is 108 cm³/mol. The minimum atomic E-state index is -0.768. The van der Waals surface area contributed by atoms with E-state index in [4.69, 9.17) is 11.6 Å². The van der Waals surface area contributed by atoms with Crippen molar-refractivity contribution in [1.82, 2.24) is 19.7 Å². The number of anilines is 1. The van der Waals surface area contributed by atoms with Gasteiger partial charge in [0, 0.05) is 16.7 Å². The van der Waals surface area contributed by atoms with Gasteiger partial charge in [-0.15, -0.1) is 0 Å². The van der Waals surface area contributed by atoms with Gasteiger partial charge in [-0.25, -0.2) is 19.0 Å². The van der Waals surface area contributed by atoms with E-state index in [2.05, 4.69) is 20.4 Å². The number of carbonyl (C=O) groups is 1. The van der Waals surface area contributed by atoms with Gasteiger partial charge in [0.05, 0.1) is 11.9 Å². The molecule has 150 valence electrons. The monoisotopic (exact) mass is 415 g/mol. The second kappa shape index (κ2) is 8.48. The number of nitrogens with one attached hydrogen (secondary N) is 1. The Hall–Kier alpha value is -3.13. The number of rotatable bonds is 5. The van der Waals surface area contributed by atoms with Crippen LogP contribution in [0.4, 0.5) is 10.2 Å². The lowest BCUT2D eigenvalue weighted by Gasteiger charge is -2.15. The number of hydrogen-bond acceptors (Lipinski definition) is 5. The molecule has 0 saturated carbocycles. The fraction of sp³-hybridized carbons (Fsp3) is 0.250. The van der Waals surface area contributed by atoms with Gasteiger partial charge in [-0.1, -0.05) is 31.5 Å². The van der Waals surface area contributed by atoms with Gasteiger partial charge in [0.1, 0.15) is 12.9 Å². The average Bonchev–Trinajstić information content (AvgIpc) is 2.64. The largest absolute Gasteiger partial charge is 0.307 e. The third-order valence-corrected chi connectivity index (χ3v) is 4.36. The molecule has 3 aromatic rings. The van der Waals surface area contributed by atoms with Crippen molar-refractivity contribution >= 4 is 23.3 Å². The zero-order valence-corrected chi connectivity index (χ0v) is 16.9. The van der Waals surface area contributed by atoms with Crippen molar-refractivity contribution in [2.45, 2.75) is 33.2 Å². The lowest BCUT2D eigenvalue weighted by Crippen LogP contribution is -2.31. The molecule has 0 spiro atoms. The van der Waals surface area contributed by atoms with Gasteiger partial charge in [-0.05, 0) is 36.1 Å². The van der Waals surface area contributed by atoms with E-state index < -0.39 is 17.3 Å². The van der Waals surface area contributed by atoms with E-state index in [-0.39, 0.29) is 18.3 Å². The Morgan fingerprint density at radius 2 is 2.03 bits per heavy atom. The van der Waals surface area contributed by atoms with Crippen LogP contribution in [0.1, 0.15) is 31.0 Å². The minimum Gasteiger partial charge on any atom is -0.307 e. The van der Waals surface area contributed by atoms with Crippen LogP contribution < -0.4 is 10.9 Å². The molecule has 0 bridgehead atoms. The van der Waals surface area contributed by atoms with Crippen molar-refractivity contribution in [3.8, 4) is 11.1 Å². The van der Waals surface area contributed by atoms with Crippen LogP contribution in [-0.2, 0) is 11.3 Å². The first-order valence-electron chi connectivity index (χ1n) is 8.89. The summed E-state index contributed by atoms with van der Waals surface area (Å²) in [5, 5.41) is 7.26. The molecular formula is C20H19ClFN5O2. The molecule has 29 heavy (non-hydrogen) atoms. The molecule has 0 aliphatic carbocycles. The van der Waals surface area contributed by atoms with Crippen molar-refractivity contribution < 1.29 is 9.18 Å². The van der Waals surface area contributed by atoms with Gasteiger partial charge >= 0.3 is 0 Å². The van der Waals surface area contributed by atoms with Crippen LogP contribution in [-0.4, -0.2) is 25.7 Å². The lowest BCUT2D eigenvalue weighted by molar-refractivity contribution is -0.117. The Labute approximate surface area is 171 Å². The molecular weight excluding hydrogens is 397 g/mol. The van der Waals surface area contributed by atoms with Crippen LogP contribution in [0.3, 0.4) is 0 Å². The van der Waals surface area contributed by atoms with Crippen LogP contribution in [0.15, 0.2) is 41.6 Å². The molecule has 3 rings (SSSR count). The first-order valence-corrected chi connectivity index (χ1v) is 9.27. The molecule has 1 N–H and O–H groups in total. The van der Waals surface area contributed by atoms with Gasteiger partial charge in [0.25, 0.3) is 5.56 Å². The van der Waals surface area contributed by atoms with Crippen molar-refractivity contribution in [1.29, 1.82) is 0 Å². The summed E-state index contributed by atoms with van der Waals surface area (Å²) in [5.74, 6) is -1.67. The number of hydrogen-bond donors (Lipinski definition) is 1. The number of aromatic nitrogens is 4. The molecule has 7 nitrogen and oxygen atoms in total. The topological polar surface area (TPSA) is 89.8 Å². The number of carbonyl (C=O) groups excluding carboxylic acids is 1. The second-order valence-corrected chi connectivity index (χ2v) is 7.31. The van der Waals surface area contributed by atoms with E-state index in [1.54, 1.807) is 6.07 Å². The normalized spacial score (nSPS) is 11.0. The fourth-order valence-corrected chi connectivity index (χ4v) is 3.17. The molecule has 0 aliphatic heterocycles.